The Kier molecular flexibility index (Phi) is 3.74. The van der Waals surface area contributed by atoms with E-state index in [1.54, 1.807) is 24.3 Å². The van der Waals surface area contributed by atoms with Gasteiger partial charge in [-0.05, 0) is 24.3 Å². The van der Waals surface area contributed by atoms with Crippen molar-refractivity contribution in [2.45, 2.75) is 5.88 Å². The van der Waals surface area contributed by atoms with Crippen LogP contribution in [-0.4, -0.2) is 0 Å². The van der Waals surface area contributed by atoms with E-state index >= 15 is 0 Å². The van der Waals surface area contributed by atoms with Crippen LogP contribution in [0.15, 0.2) is 46.9 Å². The number of para-hydroxylation sites is 1. The van der Waals surface area contributed by atoms with E-state index in [9.17, 15) is 5.26 Å². The number of hydrogen-bond donors (Lipinski definition) is 0. The lowest BCUT2D eigenvalue weighted by molar-refractivity contribution is 0.463. The highest BCUT2D eigenvalue weighted by atomic mass is 35.5. The standard InChI is InChI=1S/C16H9Cl2NO2/c17-8-11-12(18)5-3-7-14(11)21-16-10-4-1-2-6-13(10)20-15(16)9-19/h1-7H,8H2. The molecule has 0 fully saturated rings. The molecule has 1 heterocycles. The number of benzene rings is 2. The monoisotopic (exact) mass is 317 g/mol. The van der Waals surface area contributed by atoms with Gasteiger partial charge in [0, 0.05) is 10.6 Å². The van der Waals surface area contributed by atoms with Crippen LogP contribution >= 0.6 is 23.2 Å². The SMILES string of the molecule is N#Cc1oc2ccccc2c1Oc1cccc(Cl)c1CCl. The van der Waals surface area contributed by atoms with Crippen molar-refractivity contribution in [3.8, 4) is 17.6 Å². The normalized spacial score (nSPS) is 10.5. The lowest BCUT2D eigenvalue weighted by Crippen LogP contribution is -1.91. The summed E-state index contributed by atoms with van der Waals surface area (Å²) in [4.78, 5) is 0. The molecule has 0 saturated heterocycles. The molecule has 3 nitrogen and oxygen atoms in total. The van der Waals surface area contributed by atoms with E-state index in [1.807, 2.05) is 24.3 Å². The number of halogens is 2. The second-order valence-corrected chi connectivity index (χ2v) is 4.99. The molecule has 104 valence electrons. The lowest BCUT2D eigenvalue weighted by atomic mass is 10.2. The fourth-order valence-electron chi connectivity index (χ4n) is 2.07. The number of ether oxygens (including phenoxy) is 1. The molecule has 0 aliphatic carbocycles. The predicted octanol–water partition coefficient (Wildman–Crippen LogP) is 5.49. The van der Waals surface area contributed by atoms with Crippen molar-refractivity contribution in [1.29, 1.82) is 5.26 Å². The zero-order chi connectivity index (χ0) is 14.8. The van der Waals surface area contributed by atoms with Crippen LogP contribution in [0.4, 0.5) is 0 Å². The van der Waals surface area contributed by atoms with E-state index in [0.717, 1.165) is 5.39 Å². The Balaban J connectivity index is 2.15. The van der Waals surface area contributed by atoms with Crippen LogP contribution in [0.5, 0.6) is 11.5 Å². The molecule has 0 radical (unpaired) electrons. The molecule has 0 unspecified atom stereocenters. The Morgan fingerprint density at radius 2 is 1.95 bits per heavy atom. The van der Waals surface area contributed by atoms with Gasteiger partial charge < -0.3 is 9.15 Å². The highest BCUT2D eigenvalue weighted by Crippen LogP contribution is 2.38. The third-order valence-corrected chi connectivity index (χ3v) is 3.69. The van der Waals surface area contributed by atoms with E-state index in [1.165, 1.54) is 0 Å². The molecular weight excluding hydrogens is 309 g/mol. The van der Waals surface area contributed by atoms with Gasteiger partial charge in [-0.2, -0.15) is 5.26 Å². The molecule has 0 aliphatic rings. The number of hydrogen-bond acceptors (Lipinski definition) is 3. The maximum atomic E-state index is 9.20. The first-order valence-electron chi connectivity index (χ1n) is 6.17. The average Bonchev–Trinajstić information content (AvgIpc) is 2.86. The molecule has 0 aliphatic heterocycles. The van der Waals surface area contributed by atoms with Gasteiger partial charge in [0.05, 0.1) is 11.3 Å². The Labute approximate surface area is 131 Å². The van der Waals surface area contributed by atoms with Gasteiger partial charge in [-0.25, -0.2) is 0 Å². The fourth-order valence-corrected chi connectivity index (χ4v) is 2.65. The van der Waals surface area contributed by atoms with Crippen LogP contribution in [0, 0.1) is 11.3 Å². The zero-order valence-corrected chi connectivity index (χ0v) is 12.3. The summed E-state index contributed by atoms with van der Waals surface area (Å²) in [7, 11) is 0. The number of nitrogens with zero attached hydrogens (tertiary/aromatic N) is 1. The molecule has 0 amide bonds. The van der Waals surface area contributed by atoms with E-state index in [-0.39, 0.29) is 11.6 Å². The van der Waals surface area contributed by atoms with Crippen molar-refractivity contribution < 1.29 is 9.15 Å². The summed E-state index contributed by atoms with van der Waals surface area (Å²) in [5.41, 5.74) is 1.27. The van der Waals surface area contributed by atoms with Gasteiger partial charge >= 0.3 is 0 Å². The van der Waals surface area contributed by atoms with Crippen molar-refractivity contribution in [2.24, 2.45) is 0 Å². The molecule has 0 atom stereocenters. The lowest BCUT2D eigenvalue weighted by Gasteiger charge is -2.09. The Hall–Kier alpha value is -2.15. The predicted molar refractivity (Wildman–Crippen MR) is 82.0 cm³/mol. The average molecular weight is 318 g/mol. The fraction of sp³-hybridized carbons (Fsp3) is 0.0625. The van der Waals surface area contributed by atoms with Gasteiger partial charge in [-0.3, -0.25) is 0 Å². The summed E-state index contributed by atoms with van der Waals surface area (Å²) >= 11 is 12.0. The summed E-state index contributed by atoms with van der Waals surface area (Å²) in [5, 5.41) is 10.5. The minimum atomic E-state index is 0.122. The Morgan fingerprint density at radius 3 is 2.71 bits per heavy atom. The van der Waals surface area contributed by atoms with Crippen molar-refractivity contribution in [3.63, 3.8) is 0 Å². The minimum absolute atomic E-state index is 0.122. The molecule has 0 N–H and O–H groups in total. The largest absolute Gasteiger partial charge is 0.451 e. The van der Waals surface area contributed by atoms with Gasteiger partial charge in [0.15, 0.2) is 5.75 Å². The maximum Gasteiger partial charge on any atom is 0.247 e. The second-order valence-electron chi connectivity index (χ2n) is 4.32. The van der Waals surface area contributed by atoms with Gasteiger partial charge in [0.1, 0.15) is 17.4 Å². The van der Waals surface area contributed by atoms with Crippen LogP contribution < -0.4 is 4.74 Å². The molecule has 3 rings (SSSR count). The third kappa shape index (κ3) is 2.44. The van der Waals surface area contributed by atoms with E-state index in [2.05, 4.69) is 0 Å². The van der Waals surface area contributed by atoms with Gasteiger partial charge in [-0.1, -0.05) is 29.8 Å². The number of fused-ring (bicyclic) bond motifs is 1. The van der Waals surface area contributed by atoms with Gasteiger partial charge in [0.25, 0.3) is 0 Å². The van der Waals surface area contributed by atoms with Crippen LogP contribution in [0.25, 0.3) is 11.0 Å². The molecule has 0 bridgehead atoms. The minimum Gasteiger partial charge on any atom is -0.451 e. The highest BCUT2D eigenvalue weighted by Gasteiger charge is 2.18. The van der Waals surface area contributed by atoms with Crippen molar-refractivity contribution in [3.05, 3.63) is 58.8 Å². The van der Waals surface area contributed by atoms with Gasteiger partial charge in [0.2, 0.25) is 5.76 Å². The second kappa shape index (κ2) is 5.69. The van der Waals surface area contributed by atoms with Crippen molar-refractivity contribution >= 4 is 34.2 Å². The van der Waals surface area contributed by atoms with E-state index < -0.39 is 0 Å². The van der Waals surface area contributed by atoms with Crippen LogP contribution in [0.3, 0.4) is 0 Å². The highest BCUT2D eigenvalue weighted by molar-refractivity contribution is 6.32. The van der Waals surface area contributed by atoms with E-state index in [0.29, 0.717) is 27.7 Å². The molecule has 1 aromatic heterocycles. The first kappa shape index (κ1) is 13.8. The van der Waals surface area contributed by atoms with Crippen LogP contribution in [0.1, 0.15) is 11.3 Å². The number of rotatable bonds is 3. The summed E-state index contributed by atoms with van der Waals surface area (Å²) in [6, 6.07) is 14.6. The topological polar surface area (TPSA) is 46.2 Å². The summed E-state index contributed by atoms with van der Waals surface area (Å²) in [5.74, 6) is 1.23. The summed E-state index contributed by atoms with van der Waals surface area (Å²) < 4.78 is 11.3. The third-order valence-electron chi connectivity index (χ3n) is 3.07. The zero-order valence-electron chi connectivity index (χ0n) is 10.8. The Bertz CT molecular complexity index is 849. The van der Waals surface area contributed by atoms with Crippen molar-refractivity contribution in [1.82, 2.24) is 0 Å². The Morgan fingerprint density at radius 1 is 1.14 bits per heavy atom. The number of alkyl halides is 1. The molecule has 5 heteroatoms. The first-order valence-corrected chi connectivity index (χ1v) is 7.08. The molecule has 0 spiro atoms. The number of nitriles is 1. The molecule has 21 heavy (non-hydrogen) atoms. The summed E-state index contributed by atoms with van der Waals surface area (Å²) in [6.07, 6.45) is 0. The quantitative estimate of drug-likeness (QED) is 0.600. The molecule has 0 saturated carbocycles. The summed E-state index contributed by atoms with van der Waals surface area (Å²) in [6.45, 7) is 0. The smallest absolute Gasteiger partial charge is 0.247 e. The maximum absolute atomic E-state index is 9.20. The molecule has 2 aromatic carbocycles. The van der Waals surface area contributed by atoms with Crippen molar-refractivity contribution in [2.75, 3.05) is 0 Å². The van der Waals surface area contributed by atoms with E-state index in [4.69, 9.17) is 32.4 Å². The van der Waals surface area contributed by atoms with Crippen LogP contribution in [0.2, 0.25) is 5.02 Å². The molecular formula is C16H9Cl2NO2. The number of furan rings is 1. The van der Waals surface area contributed by atoms with Gasteiger partial charge in [-0.15, -0.1) is 11.6 Å². The first-order chi connectivity index (χ1) is 10.2. The van der Waals surface area contributed by atoms with Crippen LogP contribution in [-0.2, 0) is 5.88 Å². The molecule has 3 aromatic rings.